The van der Waals surface area contributed by atoms with E-state index in [1.54, 1.807) is 0 Å². The summed E-state index contributed by atoms with van der Waals surface area (Å²) in [4.78, 5) is 20.9. The maximum absolute atomic E-state index is 10.6. The molecule has 0 heterocycles. The number of hydrogen-bond acceptors (Lipinski definition) is 2. The molecule has 4 heteroatoms. The van der Waals surface area contributed by atoms with E-state index in [-0.39, 0.29) is 11.8 Å². The maximum Gasteiger partial charge on any atom is 0.243 e. The van der Waals surface area contributed by atoms with Gasteiger partial charge in [-0.25, -0.2) is 0 Å². The minimum Gasteiger partial charge on any atom is -0.370 e. The molecule has 0 aromatic rings. The largest absolute Gasteiger partial charge is 0.370 e. The van der Waals surface area contributed by atoms with Crippen LogP contribution < -0.4 is 11.1 Å². The SMILES string of the molecule is C=CC(=O)NCCCCC(N)=O. The van der Waals surface area contributed by atoms with Crippen molar-refractivity contribution in [1.82, 2.24) is 5.32 Å². The zero-order valence-electron chi connectivity index (χ0n) is 7.01. The van der Waals surface area contributed by atoms with Crippen LogP contribution in [0.15, 0.2) is 12.7 Å². The molecule has 3 N–H and O–H groups in total. The average Bonchev–Trinajstić information content (AvgIpc) is 2.03. The van der Waals surface area contributed by atoms with Crippen LogP contribution in [0.25, 0.3) is 0 Å². The standard InChI is InChI=1S/C8H14N2O2/c1-2-8(12)10-6-4-3-5-7(9)11/h2H,1,3-6H2,(H2,9,11)(H,10,12). The lowest BCUT2D eigenvalue weighted by atomic mass is 10.2. The summed E-state index contributed by atoms with van der Waals surface area (Å²) in [5, 5.41) is 2.60. The van der Waals surface area contributed by atoms with Gasteiger partial charge in [-0.2, -0.15) is 0 Å². The fraction of sp³-hybridized carbons (Fsp3) is 0.500. The van der Waals surface area contributed by atoms with Crippen LogP contribution in [0.3, 0.4) is 0 Å². The first-order chi connectivity index (χ1) is 5.66. The Morgan fingerprint density at radius 2 is 2.08 bits per heavy atom. The van der Waals surface area contributed by atoms with Crippen molar-refractivity contribution in [1.29, 1.82) is 0 Å². The van der Waals surface area contributed by atoms with Crippen LogP contribution in [0.1, 0.15) is 19.3 Å². The second-order valence-electron chi connectivity index (χ2n) is 2.42. The molecule has 12 heavy (non-hydrogen) atoms. The molecule has 0 aromatic heterocycles. The van der Waals surface area contributed by atoms with Gasteiger partial charge in [0, 0.05) is 13.0 Å². The predicted octanol–water partition coefficient (Wildman–Crippen LogP) is -0.0558. The van der Waals surface area contributed by atoms with Gasteiger partial charge in [-0.05, 0) is 18.9 Å². The number of unbranched alkanes of at least 4 members (excludes halogenated alkanes) is 1. The van der Waals surface area contributed by atoms with Gasteiger partial charge in [0.15, 0.2) is 0 Å². The number of primary amides is 1. The first-order valence-corrected chi connectivity index (χ1v) is 3.85. The summed E-state index contributed by atoms with van der Waals surface area (Å²) < 4.78 is 0. The van der Waals surface area contributed by atoms with E-state index in [1.807, 2.05) is 0 Å². The Kier molecular flexibility index (Phi) is 5.69. The molecule has 0 unspecified atom stereocenters. The van der Waals surface area contributed by atoms with Gasteiger partial charge in [0.2, 0.25) is 11.8 Å². The van der Waals surface area contributed by atoms with Crippen molar-refractivity contribution in [2.24, 2.45) is 5.73 Å². The first kappa shape index (κ1) is 10.7. The second-order valence-corrected chi connectivity index (χ2v) is 2.42. The van der Waals surface area contributed by atoms with Crippen molar-refractivity contribution >= 4 is 11.8 Å². The molecule has 68 valence electrons. The number of nitrogens with one attached hydrogen (secondary N) is 1. The summed E-state index contributed by atoms with van der Waals surface area (Å²) in [5.74, 6) is -0.487. The minimum atomic E-state index is -0.301. The van der Waals surface area contributed by atoms with E-state index in [0.717, 1.165) is 6.42 Å². The quantitative estimate of drug-likeness (QED) is 0.433. The van der Waals surface area contributed by atoms with Crippen molar-refractivity contribution in [3.8, 4) is 0 Å². The molecule has 0 atom stereocenters. The highest BCUT2D eigenvalue weighted by Crippen LogP contribution is 1.91. The van der Waals surface area contributed by atoms with Gasteiger partial charge < -0.3 is 11.1 Å². The van der Waals surface area contributed by atoms with Crippen LogP contribution in [0.2, 0.25) is 0 Å². The number of carbonyl (C=O) groups is 2. The molecule has 0 bridgehead atoms. The van der Waals surface area contributed by atoms with Crippen molar-refractivity contribution in [2.75, 3.05) is 6.54 Å². The Morgan fingerprint density at radius 3 is 2.58 bits per heavy atom. The zero-order valence-corrected chi connectivity index (χ0v) is 7.01. The third-order valence-corrected chi connectivity index (χ3v) is 1.33. The highest BCUT2D eigenvalue weighted by molar-refractivity contribution is 5.86. The summed E-state index contributed by atoms with van der Waals surface area (Å²) in [7, 11) is 0. The normalized spacial score (nSPS) is 9.00. The van der Waals surface area contributed by atoms with Crippen molar-refractivity contribution in [3.05, 3.63) is 12.7 Å². The first-order valence-electron chi connectivity index (χ1n) is 3.85. The molecule has 0 aliphatic heterocycles. The lowest BCUT2D eigenvalue weighted by molar-refractivity contribution is -0.118. The van der Waals surface area contributed by atoms with E-state index in [9.17, 15) is 9.59 Å². The molecule has 0 aliphatic rings. The van der Waals surface area contributed by atoms with E-state index in [0.29, 0.717) is 19.4 Å². The van der Waals surface area contributed by atoms with Gasteiger partial charge in [-0.1, -0.05) is 6.58 Å². The Hall–Kier alpha value is -1.32. The third-order valence-electron chi connectivity index (χ3n) is 1.33. The summed E-state index contributed by atoms with van der Waals surface area (Å²) in [6, 6.07) is 0. The number of amides is 2. The number of hydrogen-bond donors (Lipinski definition) is 2. The molecule has 0 fully saturated rings. The smallest absolute Gasteiger partial charge is 0.243 e. The minimum absolute atomic E-state index is 0.186. The zero-order chi connectivity index (χ0) is 9.40. The molecule has 0 aliphatic carbocycles. The van der Waals surface area contributed by atoms with E-state index >= 15 is 0 Å². The van der Waals surface area contributed by atoms with Gasteiger partial charge in [-0.15, -0.1) is 0 Å². The summed E-state index contributed by atoms with van der Waals surface area (Å²) in [6.45, 7) is 3.87. The van der Waals surface area contributed by atoms with Crippen molar-refractivity contribution in [2.45, 2.75) is 19.3 Å². The van der Waals surface area contributed by atoms with Gasteiger partial charge in [0.25, 0.3) is 0 Å². The number of rotatable bonds is 6. The van der Waals surface area contributed by atoms with Crippen molar-refractivity contribution < 1.29 is 9.59 Å². The molecular formula is C8H14N2O2. The molecule has 4 nitrogen and oxygen atoms in total. The van der Waals surface area contributed by atoms with Crippen LogP contribution in [0.5, 0.6) is 0 Å². The van der Waals surface area contributed by atoms with Gasteiger partial charge in [-0.3, -0.25) is 9.59 Å². The Labute approximate surface area is 71.8 Å². The topological polar surface area (TPSA) is 72.2 Å². The molecule has 2 amide bonds. The molecule has 0 saturated heterocycles. The van der Waals surface area contributed by atoms with E-state index in [4.69, 9.17) is 5.73 Å². The Balaban J connectivity index is 3.16. The molecule has 0 aromatic carbocycles. The van der Waals surface area contributed by atoms with Crippen LogP contribution in [0.4, 0.5) is 0 Å². The average molecular weight is 170 g/mol. The fourth-order valence-corrected chi connectivity index (χ4v) is 0.708. The third kappa shape index (κ3) is 6.80. The Bertz CT molecular complexity index is 178. The highest BCUT2D eigenvalue weighted by atomic mass is 16.1. The molecule has 0 radical (unpaired) electrons. The summed E-state index contributed by atoms with van der Waals surface area (Å²) >= 11 is 0. The highest BCUT2D eigenvalue weighted by Gasteiger charge is 1.95. The second kappa shape index (κ2) is 6.39. The number of carbonyl (C=O) groups excluding carboxylic acids is 2. The summed E-state index contributed by atoms with van der Waals surface area (Å²) in [6.07, 6.45) is 3.08. The van der Waals surface area contributed by atoms with E-state index in [2.05, 4.69) is 11.9 Å². The van der Waals surface area contributed by atoms with E-state index < -0.39 is 0 Å². The molecule has 0 spiro atoms. The van der Waals surface area contributed by atoms with Crippen LogP contribution in [-0.4, -0.2) is 18.4 Å². The lowest BCUT2D eigenvalue weighted by Gasteiger charge is -1.99. The monoisotopic (exact) mass is 170 g/mol. The van der Waals surface area contributed by atoms with Gasteiger partial charge in [0.05, 0.1) is 0 Å². The van der Waals surface area contributed by atoms with Crippen LogP contribution >= 0.6 is 0 Å². The lowest BCUT2D eigenvalue weighted by Crippen LogP contribution is -2.22. The van der Waals surface area contributed by atoms with E-state index in [1.165, 1.54) is 6.08 Å². The van der Waals surface area contributed by atoms with Gasteiger partial charge >= 0.3 is 0 Å². The molecule has 0 saturated carbocycles. The van der Waals surface area contributed by atoms with Crippen molar-refractivity contribution in [3.63, 3.8) is 0 Å². The van der Waals surface area contributed by atoms with Crippen LogP contribution in [-0.2, 0) is 9.59 Å². The molecular weight excluding hydrogens is 156 g/mol. The summed E-state index contributed by atoms with van der Waals surface area (Å²) in [5.41, 5.74) is 4.92. The van der Waals surface area contributed by atoms with Gasteiger partial charge in [0.1, 0.15) is 0 Å². The van der Waals surface area contributed by atoms with Crippen LogP contribution in [0, 0.1) is 0 Å². The number of nitrogens with two attached hydrogens (primary N) is 1. The molecule has 0 rings (SSSR count). The fourth-order valence-electron chi connectivity index (χ4n) is 0.708. The maximum atomic E-state index is 10.6. The Morgan fingerprint density at radius 1 is 1.42 bits per heavy atom. The predicted molar refractivity (Wildman–Crippen MR) is 46.3 cm³/mol.